The summed E-state index contributed by atoms with van der Waals surface area (Å²) in [6.07, 6.45) is 2.14. The number of Topliss-reactive ketones (excluding diaryl/α,β-unsaturated/α-hetero) is 1. The Morgan fingerprint density at radius 2 is 1.96 bits per heavy atom. The van der Waals surface area contributed by atoms with Gasteiger partial charge in [0.2, 0.25) is 0 Å². The molecule has 0 aliphatic carbocycles. The highest BCUT2D eigenvalue weighted by molar-refractivity contribution is 5.96. The smallest absolute Gasteiger partial charge is 0.410 e. The van der Waals surface area contributed by atoms with Crippen molar-refractivity contribution in [2.24, 2.45) is 5.92 Å². The largest absolute Gasteiger partial charge is 0.444 e. The number of hydrogen-bond donors (Lipinski definition) is 0. The molecule has 2 bridgehead atoms. The minimum absolute atomic E-state index is 0.0807. The number of ketones is 1. The van der Waals surface area contributed by atoms with Crippen LogP contribution in [0.15, 0.2) is 18.3 Å². The monoisotopic (exact) mass is 357 g/mol. The third-order valence-corrected chi connectivity index (χ3v) is 4.64. The van der Waals surface area contributed by atoms with Crippen molar-refractivity contribution in [2.45, 2.75) is 51.3 Å². The van der Waals surface area contributed by atoms with Gasteiger partial charge in [0.15, 0.2) is 5.78 Å². The zero-order chi connectivity index (χ0) is 18.9. The van der Waals surface area contributed by atoms with Crippen molar-refractivity contribution in [1.29, 1.82) is 5.26 Å². The predicted molar refractivity (Wildman–Crippen MR) is 92.5 cm³/mol. The lowest BCUT2D eigenvalue weighted by Gasteiger charge is -2.47. The van der Waals surface area contributed by atoms with E-state index in [-0.39, 0.29) is 29.9 Å². The molecule has 2 saturated heterocycles. The molecule has 1 aromatic rings. The van der Waals surface area contributed by atoms with Gasteiger partial charge in [-0.2, -0.15) is 5.26 Å². The molecule has 2 fully saturated rings. The summed E-state index contributed by atoms with van der Waals surface area (Å²) >= 11 is 0. The van der Waals surface area contributed by atoms with Gasteiger partial charge >= 0.3 is 6.09 Å². The van der Waals surface area contributed by atoms with Crippen LogP contribution in [0.4, 0.5) is 4.79 Å². The topological polar surface area (TPSA) is 92.5 Å². The van der Waals surface area contributed by atoms with Crippen molar-refractivity contribution in [3.05, 3.63) is 29.6 Å². The van der Waals surface area contributed by atoms with Crippen molar-refractivity contribution in [2.75, 3.05) is 13.2 Å². The van der Waals surface area contributed by atoms with Crippen LogP contribution in [0.5, 0.6) is 0 Å². The Kier molecular flexibility index (Phi) is 4.97. The summed E-state index contributed by atoms with van der Waals surface area (Å²) in [5, 5.41) is 9.01. The van der Waals surface area contributed by atoms with Crippen molar-refractivity contribution in [3.8, 4) is 6.07 Å². The van der Waals surface area contributed by atoms with Crippen LogP contribution in [0.2, 0.25) is 0 Å². The van der Waals surface area contributed by atoms with E-state index in [1.165, 1.54) is 12.3 Å². The molecule has 26 heavy (non-hydrogen) atoms. The number of pyridine rings is 1. The molecule has 2 aliphatic rings. The van der Waals surface area contributed by atoms with E-state index in [2.05, 4.69) is 4.98 Å². The molecule has 1 aromatic heterocycles. The van der Waals surface area contributed by atoms with Gasteiger partial charge in [0.25, 0.3) is 0 Å². The van der Waals surface area contributed by atoms with Gasteiger partial charge in [0.05, 0.1) is 36.9 Å². The fraction of sp³-hybridized carbons (Fsp3) is 0.579. The Morgan fingerprint density at radius 3 is 2.54 bits per heavy atom. The molecule has 0 N–H and O–H groups in total. The zero-order valence-corrected chi connectivity index (χ0v) is 15.3. The number of aromatic nitrogens is 1. The summed E-state index contributed by atoms with van der Waals surface area (Å²) < 4.78 is 11.1. The maximum atomic E-state index is 12.9. The quantitative estimate of drug-likeness (QED) is 0.755. The summed E-state index contributed by atoms with van der Waals surface area (Å²) in [5.41, 5.74) is 0.150. The molecule has 0 aromatic carbocycles. The number of fused-ring (bicyclic) bond motifs is 2. The van der Waals surface area contributed by atoms with E-state index in [4.69, 9.17) is 14.7 Å². The molecule has 2 atom stereocenters. The highest BCUT2D eigenvalue weighted by Crippen LogP contribution is 2.34. The first-order valence-corrected chi connectivity index (χ1v) is 8.78. The first-order chi connectivity index (χ1) is 12.3. The molecule has 3 rings (SSSR count). The van der Waals surface area contributed by atoms with Gasteiger partial charge in [0.1, 0.15) is 11.3 Å². The lowest BCUT2D eigenvalue weighted by Crippen LogP contribution is -2.60. The molecule has 3 heterocycles. The number of nitriles is 1. The molecule has 138 valence electrons. The molecule has 0 radical (unpaired) electrons. The number of morpholine rings is 1. The van der Waals surface area contributed by atoms with Crippen LogP contribution in [-0.4, -0.2) is 52.7 Å². The third kappa shape index (κ3) is 3.86. The summed E-state index contributed by atoms with van der Waals surface area (Å²) in [6.45, 7) is 6.29. The van der Waals surface area contributed by atoms with Gasteiger partial charge in [0, 0.05) is 12.1 Å². The fourth-order valence-electron chi connectivity index (χ4n) is 3.59. The Morgan fingerprint density at radius 1 is 1.31 bits per heavy atom. The maximum Gasteiger partial charge on any atom is 0.410 e. The van der Waals surface area contributed by atoms with Crippen molar-refractivity contribution in [1.82, 2.24) is 9.88 Å². The van der Waals surface area contributed by atoms with E-state index in [9.17, 15) is 9.59 Å². The number of rotatable bonds is 2. The molecule has 7 nitrogen and oxygen atoms in total. The van der Waals surface area contributed by atoms with Crippen LogP contribution in [0.3, 0.4) is 0 Å². The molecule has 0 saturated carbocycles. The predicted octanol–water partition coefficient (Wildman–Crippen LogP) is 2.55. The number of carbonyl (C=O) groups is 2. The molecular formula is C19H23N3O4. The Labute approximate surface area is 152 Å². The normalized spacial score (nSPS) is 25.3. The fourth-order valence-corrected chi connectivity index (χ4v) is 3.59. The van der Waals surface area contributed by atoms with E-state index in [0.29, 0.717) is 37.3 Å². The SMILES string of the molecule is CC(C)(C)OC(=O)N1C2COCC1CC(C(=O)c1cc(C#N)ccn1)C2. The second-order valence-corrected chi connectivity index (χ2v) is 7.81. The number of hydrogen-bond acceptors (Lipinski definition) is 6. The minimum atomic E-state index is -0.569. The number of piperidine rings is 1. The molecule has 2 aliphatic heterocycles. The maximum absolute atomic E-state index is 12.9. The van der Waals surface area contributed by atoms with E-state index < -0.39 is 5.60 Å². The average molecular weight is 357 g/mol. The Balaban J connectivity index is 1.76. The van der Waals surface area contributed by atoms with E-state index in [0.717, 1.165) is 0 Å². The second-order valence-electron chi connectivity index (χ2n) is 7.81. The van der Waals surface area contributed by atoms with Gasteiger partial charge < -0.3 is 9.47 Å². The first kappa shape index (κ1) is 18.3. The lowest BCUT2D eigenvalue weighted by atomic mass is 9.81. The van der Waals surface area contributed by atoms with Crippen LogP contribution in [0.1, 0.15) is 49.7 Å². The molecular weight excluding hydrogens is 334 g/mol. The second kappa shape index (κ2) is 7.04. The summed E-state index contributed by atoms with van der Waals surface area (Å²) in [4.78, 5) is 31.3. The van der Waals surface area contributed by atoms with Crippen molar-refractivity contribution in [3.63, 3.8) is 0 Å². The van der Waals surface area contributed by atoms with Gasteiger partial charge in [-0.1, -0.05) is 0 Å². The number of amides is 1. The summed E-state index contributed by atoms with van der Waals surface area (Å²) in [7, 11) is 0. The van der Waals surface area contributed by atoms with E-state index in [1.807, 2.05) is 26.8 Å². The Bertz CT molecular complexity index is 736. The van der Waals surface area contributed by atoms with Gasteiger partial charge in [-0.3, -0.25) is 14.7 Å². The highest BCUT2D eigenvalue weighted by atomic mass is 16.6. The van der Waals surface area contributed by atoms with Crippen molar-refractivity contribution < 1.29 is 19.1 Å². The average Bonchev–Trinajstić information content (AvgIpc) is 2.58. The number of nitrogens with zero attached hydrogens (tertiary/aromatic N) is 3. The molecule has 2 unspecified atom stereocenters. The lowest BCUT2D eigenvalue weighted by molar-refractivity contribution is -0.0861. The third-order valence-electron chi connectivity index (χ3n) is 4.64. The molecule has 0 spiro atoms. The molecule has 1 amide bonds. The van der Waals surface area contributed by atoms with Crippen LogP contribution in [0.25, 0.3) is 0 Å². The van der Waals surface area contributed by atoms with Crippen molar-refractivity contribution >= 4 is 11.9 Å². The van der Waals surface area contributed by atoms with Gasteiger partial charge in [-0.15, -0.1) is 0 Å². The Hall–Kier alpha value is -2.46. The highest BCUT2D eigenvalue weighted by Gasteiger charge is 2.45. The standard InChI is InChI=1S/C19H23N3O4/c1-19(2,3)26-18(24)22-14-7-13(8-15(22)11-25-10-14)17(23)16-6-12(9-20)4-5-21-16/h4-6,13-15H,7-8,10-11H2,1-3H3. The van der Waals surface area contributed by atoms with Gasteiger partial charge in [-0.25, -0.2) is 4.79 Å². The van der Waals surface area contributed by atoms with E-state index >= 15 is 0 Å². The summed E-state index contributed by atoms with van der Waals surface area (Å²) in [5.74, 6) is -0.322. The number of carbonyl (C=O) groups excluding carboxylic acids is 2. The number of ether oxygens (including phenoxy) is 2. The van der Waals surface area contributed by atoms with Crippen LogP contribution >= 0.6 is 0 Å². The molecule has 7 heteroatoms. The summed E-state index contributed by atoms with van der Waals surface area (Å²) in [6, 6.07) is 4.74. The van der Waals surface area contributed by atoms with Crippen LogP contribution < -0.4 is 0 Å². The van der Waals surface area contributed by atoms with E-state index in [1.54, 1.807) is 11.0 Å². The van der Waals surface area contributed by atoms with Crippen LogP contribution in [-0.2, 0) is 9.47 Å². The van der Waals surface area contributed by atoms with Crippen LogP contribution in [0, 0.1) is 17.2 Å². The minimum Gasteiger partial charge on any atom is -0.444 e. The van der Waals surface area contributed by atoms with Gasteiger partial charge in [-0.05, 0) is 45.7 Å². The zero-order valence-electron chi connectivity index (χ0n) is 15.3. The first-order valence-electron chi connectivity index (χ1n) is 8.78.